The van der Waals surface area contributed by atoms with Gasteiger partial charge in [-0.2, -0.15) is 4.73 Å². The van der Waals surface area contributed by atoms with Crippen molar-refractivity contribution < 1.29 is 4.84 Å². The molecule has 0 aliphatic carbocycles. The van der Waals surface area contributed by atoms with E-state index >= 15 is 0 Å². The van der Waals surface area contributed by atoms with E-state index in [-0.39, 0.29) is 11.7 Å². The van der Waals surface area contributed by atoms with Crippen molar-refractivity contribution in [2.75, 3.05) is 0 Å². The molecule has 0 saturated heterocycles. The molecule has 2 rings (SSSR count). The highest BCUT2D eigenvalue weighted by molar-refractivity contribution is 5.17. The van der Waals surface area contributed by atoms with Crippen LogP contribution in [0.4, 0.5) is 0 Å². The third-order valence-corrected chi connectivity index (χ3v) is 2.65. The lowest BCUT2D eigenvalue weighted by atomic mass is 10.1. The van der Waals surface area contributed by atoms with Crippen molar-refractivity contribution in [1.82, 2.24) is 4.73 Å². The van der Waals surface area contributed by atoms with Crippen molar-refractivity contribution >= 4 is 0 Å². The minimum Gasteiger partial charge on any atom is -0.403 e. The van der Waals surface area contributed by atoms with Gasteiger partial charge in [-0.3, -0.25) is 4.79 Å². The Kier molecular flexibility index (Phi) is 3.28. The molecule has 0 radical (unpaired) electrons. The van der Waals surface area contributed by atoms with Gasteiger partial charge in [0.15, 0.2) is 0 Å². The number of hydrogen-bond donors (Lipinski definition) is 0. The largest absolute Gasteiger partial charge is 0.403 e. The second-order valence-electron chi connectivity index (χ2n) is 3.98. The predicted octanol–water partition coefficient (Wildman–Crippen LogP) is 2.35. The summed E-state index contributed by atoms with van der Waals surface area (Å²) < 4.78 is 1.28. The van der Waals surface area contributed by atoms with Crippen LogP contribution in [0.2, 0.25) is 0 Å². The van der Waals surface area contributed by atoms with Crippen LogP contribution in [0.5, 0.6) is 0 Å². The van der Waals surface area contributed by atoms with E-state index in [1.165, 1.54) is 4.73 Å². The van der Waals surface area contributed by atoms with E-state index in [0.717, 1.165) is 5.56 Å². The number of rotatable bonds is 3. The summed E-state index contributed by atoms with van der Waals surface area (Å²) in [7, 11) is 0. The highest BCUT2D eigenvalue weighted by Gasteiger charge is 2.08. The minimum atomic E-state index is -0.157. The van der Waals surface area contributed by atoms with Crippen molar-refractivity contribution in [3.8, 4) is 0 Å². The first-order valence-corrected chi connectivity index (χ1v) is 5.59. The molecule has 0 N–H and O–H groups in total. The molecule has 0 fully saturated rings. The topological polar surface area (TPSA) is 31.2 Å². The summed E-state index contributed by atoms with van der Waals surface area (Å²) in [6.45, 7) is 3.69. The monoisotopic (exact) mass is 229 g/mol. The number of nitrogens with zero attached hydrogens (tertiary/aromatic N) is 1. The summed E-state index contributed by atoms with van der Waals surface area (Å²) in [5.74, 6) is 0. The molecule has 0 spiro atoms. The van der Waals surface area contributed by atoms with Gasteiger partial charge in [-0.1, -0.05) is 36.4 Å². The van der Waals surface area contributed by atoms with Crippen LogP contribution in [-0.4, -0.2) is 4.73 Å². The number of aryl methyl sites for hydroxylation is 1. The summed E-state index contributed by atoms with van der Waals surface area (Å²) in [4.78, 5) is 17.4. The minimum absolute atomic E-state index is 0.115. The molecule has 3 heteroatoms. The Morgan fingerprint density at radius 1 is 1.12 bits per heavy atom. The van der Waals surface area contributed by atoms with E-state index in [1.54, 1.807) is 25.3 Å². The number of aromatic nitrogens is 1. The van der Waals surface area contributed by atoms with Gasteiger partial charge in [0.25, 0.3) is 5.56 Å². The summed E-state index contributed by atoms with van der Waals surface area (Å²) in [5, 5.41) is 0. The lowest BCUT2D eigenvalue weighted by Gasteiger charge is -2.15. The Labute approximate surface area is 100 Å². The Morgan fingerprint density at radius 2 is 1.82 bits per heavy atom. The van der Waals surface area contributed by atoms with Crippen molar-refractivity contribution in [2.24, 2.45) is 0 Å². The van der Waals surface area contributed by atoms with Crippen LogP contribution < -0.4 is 10.4 Å². The molecule has 1 atom stereocenters. The first-order chi connectivity index (χ1) is 8.18. The zero-order chi connectivity index (χ0) is 12.3. The molecular formula is C14H15NO2. The zero-order valence-electron chi connectivity index (χ0n) is 9.96. The van der Waals surface area contributed by atoms with Crippen molar-refractivity contribution in [3.05, 3.63) is 70.1 Å². The van der Waals surface area contributed by atoms with Crippen LogP contribution in [0.25, 0.3) is 0 Å². The molecule has 1 aromatic carbocycles. The second-order valence-corrected chi connectivity index (χ2v) is 3.98. The molecule has 1 heterocycles. The third-order valence-electron chi connectivity index (χ3n) is 2.65. The van der Waals surface area contributed by atoms with Gasteiger partial charge in [0.2, 0.25) is 0 Å². The molecule has 0 bridgehead atoms. The Hall–Kier alpha value is -2.03. The fourth-order valence-electron chi connectivity index (χ4n) is 1.62. The molecule has 2 aromatic rings. The van der Waals surface area contributed by atoms with E-state index < -0.39 is 0 Å². The second kappa shape index (κ2) is 4.87. The van der Waals surface area contributed by atoms with Gasteiger partial charge in [-0.25, -0.2) is 0 Å². The molecule has 88 valence electrons. The van der Waals surface area contributed by atoms with Crippen LogP contribution in [0.1, 0.15) is 24.2 Å². The molecule has 1 unspecified atom stereocenters. The normalized spacial score (nSPS) is 12.1. The zero-order valence-corrected chi connectivity index (χ0v) is 9.96. The molecular weight excluding hydrogens is 214 g/mol. The number of hydrogen-bond acceptors (Lipinski definition) is 2. The average molecular weight is 229 g/mol. The molecule has 1 aromatic heterocycles. The predicted molar refractivity (Wildman–Crippen MR) is 66.9 cm³/mol. The highest BCUT2D eigenvalue weighted by atomic mass is 16.7. The lowest BCUT2D eigenvalue weighted by Crippen LogP contribution is -2.29. The van der Waals surface area contributed by atoms with Crippen LogP contribution in [0, 0.1) is 6.92 Å². The first kappa shape index (κ1) is 11.5. The lowest BCUT2D eigenvalue weighted by molar-refractivity contribution is 0.0405. The molecule has 0 amide bonds. The summed E-state index contributed by atoms with van der Waals surface area (Å²) in [5.41, 5.74) is 1.60. The van der Waals surface area contributed by atoms with E-state index in [2.05, 4.69) is 0 Å². The van der Waals surface area contributed by atoms with Crippen LogP contribution >= 0.6 is 0 Å². The van der Waals surface area contributed by atoms with Gasteiger partial charge >= 0.3 is 0 Å². The van der Waals surface area contributed by atoms with Gasteiger partial charge in [0.1, 0.15) is 6.10 Å². The smallest absolute Gasteiger partial charge is 0.285 e. The number of pyridine rings is 1. The maximum atomic E-state index is 11.8. The molecule has 17 heavy (non-hydrogen) atoms. The summed E-state index contributed by atoms with van der Waals surface area (Å²) >= 11 is 0. The van der Waals surface area contributed by atoms with Gasteiger partial charge in [-0.05, 0) is 25.5 Å². The fourth-order valence-corrected chi connectivity index (χ4v) is 1.62. The molecule has 0 aliphatic heterocycles. The molecule has 3 nitrogen and oxygen atoms in total. The Bertz CT molecular complexity index is 546. The summed E-state index contributed by atoms with van der Waals surface area (Å²) in [6, 6.07) is 13.4. The van der Waals surface area contributed by atoms with Gasteiger partial charge in [0.05, 0.1) is 0 Å². The quantitative estimate of drug-likeness (QED) is 0.809. The van der Waals surface area contributed by atoms with Gasteiger partial charge in [0, 0.05) is 11.8 Å². The van der Waals surface area contributed by atoms with E-state index in [9.17, 15) is 4.79 Å². The summed E-state index contributed by atoms with van der Waals surface area (Å²) in [6.07, 6.45) is 1.48. The average Bonchev–Trinajstić information content (AvgIpc) is 2.36. The van der Waals surface area contributed by atoms with Gasteiger partial charge < -0.3 is 4.84 Å². The highest BCUT2D eigenvalue weighted by Crippen LogP contribution is 2.12. The van der Waals surface area contributed by atoms with Crippen molar-refractivity contribution in [3.63, 3.8) is 0 Å². The SMILES string of the molecule is Cc1cccn(OC(C)c2ccccc2)c1=O. The molecule has 0 saturated carbocycles. The van der Waals surface area contributed by atoms with Gasteiger partial charge in [-0.15, -0.1) is 0 Å². The van der Waals surface area contributed by atoms with Crippen LogP contribution in [0.3, 0.4) is 0 Å². The maximum absolute atomic E-state index is 11.8. The standard InChI is InChI=1S/C14H15NO2/c1-11-7-6-10-15(14(11)16)17-12(2)13-8-4-3-5-9-13/h3-10,12H,1-2H3. The van der Waals surface area contributed by atoms with Crippen molar-refractivity contribution in [2.45, 2.75) is 20.0 Å². The van der Waals surface area contributed by atoms with Crippen LogP contribution in [0.15, 0.2) is 53.5 Å². The van der Waals surface area contributed by atoms with E-state index in [0.29, 0.717) is 5.56 Å². The van der Waals surface area contributed by atoms with Crippen molar-refractivity contribution in [1.29, 1.82) is 0 Å². The first-order valence-electron chi connectivity index (χ1n) is 5.59. The fraction of sp³-hybridized carbons (Fsp3) is 0.214. The van der Waals surface area contributed by atoms with E-state index in [1.807, 2.05) is 37.3 Å². The number of benzene rings is 1. The molecule has 0 aliphatic rings. The Balaban J connectivity index is 2.22. The maximum Gasteiger partial charge on any atom is 0.285 e. The van der Waals surface area contributed by atoms with E-state index in [4.69, 9.17) is 4.84 Å². The Morgan fingerprint density at radius 3 is 2.53 bits per heavy atom. The third kappa shape index (κ3) is 2.56. The van der Waals surface area contributed by atoms with Crippen LogP contribution in [-0.2, 0) is 0 Å².